The van der Waals surface area contributed by atoms with Gasteiger partial charge in [0, 0.05) is 5.56 Å². The Morgan fingerprint density at radius 3 is 2.88 bits per heavy atom. The van der Waals surface area contributed by atoms with Crippen molar-refractivity contribution in [2.24, 2.45) is 0 Å². The highest BCUT2D eigenvalue weighted by atomic mass is 35.5. The van der Waals surface area contributed by atoms with Crippen molar-refractivity contribution in [2.75, 3.05) is 7.05 Å². The van der Waals surface area contributed by atoms with Crippen molar-refractivity contribution in [3.8, 4) is 11.3 Å². The second kappa shape index (κ2) is 4.90. The summed E-state index contributed by atoms with van der Waals surface area (Å²) in [6.45, 7) is 3.97. The monoisotopic (exact) mass is 250 g/mol. The first-order valence-corrected chi connectivity index (χ1v) is 5.89. The Morgan fingerprint density at radius 1 is 1.41 bits per heavy atom. The van der Waals surface area contributed by atoms with E-state index in [1.54, 1.807) is 6.20 Å². The molecule has 1 atom stereocenters. The molecule has 17 heavy (non-hydrogen) atoms. The van der Waals surface area contributed by atoms with Gasteiger partial charge in [-0.1, -0.05) is 23.7 Å². The zero-order chi connectivity index (χ0) is 12.4. The first kappa shape index (κ1) is 12.1. The molecular weight excluding hydrogens is 236 g/mol. The third-order valence-electron chi connectivity index (χ3n) is 2.78. The highest BCUT2D eigenvalue weighted by molar-refractivity contribution is 6.33. The number of aromatic nitrogens is 1. The molecular formula is C13H15ClN2O. The lowest BCUT2D eigenvalue weighted by Gasteiger charge is -2.05. The predicted octanol–water partition coefficient (Wildman–Crippen LogP) is 3.58. The largest absolute Gasteiger partial charge is 0.439 e. The van der Waals surface area contributed by atoms with Crippen LogP contribution in [0.5, 0.6) is 0 Å². The molecule has 0 amide bonds. The molecule has 1 aromatic heterocycles. The first-order valence-electron chi connectivity index (χ1n) is 5.52. The lowest BCUT2D eigenvalue weighted by atomic mass is 10.1. The Balaban J connectivity index is 2.40. The van der Waals surface area contributed by atoms with Gasteiger partial charge in [0.2, 0.25) is 5.89 Å². The first-order chi connectivity index (χ1) is 8.13. The maximum Gasteiger partial charge on any atom is 0.211 e. The Bertz CT molecular complexity index is 522. The molecule has 90 valence electrons. The van der Waals surface area contributed by atoms with Crippen LogP contribution in [0.2, 0.25) is 5.02 Å². The van der Waals surface area contributed by atoms with Crippen LogP contribution in [-0.4, -0.2) is 12.0 Å². The smallest absolute Gasteiger partial charge is 0.211 e. The van der Waals surface area contributed by atoms with Crippen LogP contribution in [0.3, 0.4) is 0 Å². The van der Waals surface area contributed by atoms with E-state index in [2.05, 4.69) is 10.3 Å². The molecule has 0 bridgehead atoms. The topological polar surface area (TPSA) is 38.1 Å². The van der Waals surface area contributed by atoms with Crippen molar-refractivity contribution in [1.29, 1.82) is 0 Å². The number of rotatable bonds is 3. The van der Waals surface area contributed by atoms with E-state index in [4.69, 9.17) is 16.0 Å². The summed E-state index contributed by atoms with van der Waals surface area (Å²) < 4.78 is 5.70. The van der Waals surface area contributed by atoms with E-state index >= 15 is 0 Å². The van der Waals surface area contributed by atoms with E-state index < -0.39 is 0 Å². The summed E-state index contributed by atoms with van der Waals surface area (Å²) in [5.41, 5.74) is 1.91. The van der Waals surface area contributed by atoms with Crippen LogP contribution >= 0.6 is 11.6 Å². The minimum Gasteiger partial charge on any atom is -0.439 e. The maximum atomic E-state index is 6.25. The Hall–Kier alpha value is -1.32. The molecule has 0 spiro atoms. The van der Waals surface area contributed by atoms with E-state index in [1.165, 1.54) is 0 Å². The van der Waals surface area contributed by atoms with E-state index in [-0.39, 0.29) is 6.04 Å². The van der Waals surface area contributed by atoms with Gasteiger partial charge in [-0.15, -0.1) is 0 Å². The van der Waals surface area contributed by atoms with Crippen molar-refractivity contribution < 1.29 is 4.42 Å². The highest BCUT2D eigenvalue weighted by Gasteiger charge is 2.14. The van der Waals surface area contributed by atoms with Crippen molar-refractivity contribution in [2.45, 2.75) is 19.9 Å². The summed E-state index contributed by atoms with van der Waals surface area (Å²) in [7, 11) is 1.87. The summed E-state index contributed by atoms with van der Waals surface area (Å²) in [6.07, 6.45) is 1.71. The van der Waals surface area contributed by atoms with Crippen molar-refractivity contribution >= 4 is 11.6 Å². The molecule has 1 N–H and O–H groups in total. The van der Waals surface area contributed by atoms with Crippen LogP contribution < -0.4 is 5.32 Å². The average Bonchev–Trinajstić information content (AvgIpc) is 2.81. The molecule has 2 aromatic rings. The number of oxazole rings is 1. The lowest BCUT2D eigenvalue weighted by molar-refractivity contribution is 0.441. The second-order valence-electron chi connectivity index (χ2n) is 4.01. The number of hydrogen-bond acceptors (Lipinski definition) is 3. The highest BCUT2D eigenvalue weighted by Crippen LogP contribution is 2.31. The van der Waals surface area contributed by atoms with Crippen LogP contribution in [0.1, 0.15) is 24.4 Å². The zero-order valence-electron chi connectivity index (χ0n) is 10.1. The molecule has 0 radical (unpaired) electrons. The van der Waals surface area contributed by atoms with Gasteiger partial charge in [0.05, 0.1) is 17.3 Å². The Morgan fingerprint density at radius 2 is 2.18 bits per heavy atom. The van der Waals surface area contributed by atoms with Gasteiger partial charge < -0.3 is 9.73 Å². The van der Waals surface area contributed by atoms with E-state index in [1.807, 2.05) is 39.1 Å². The van der Waals surface area contributed by atoms with Crippen LogP contribution in [0.4, 0.5) is 0 Å². The number of hydrogen-bond donors (Lipinski definition) is 1. The normalized spacial score (nSPS) is 12.7. The molecule has 0 saturated heterocycles. The van der Waals surface area contributed by atoms with Crippen molar-refractivity contribution in [3.63, 3.8) is 0 Å². The third-order valence-corrected chi connectivity index (χ3v) is 3.29. The maximum absolute atomic E-state index is 6.25. The molecule has 1 heterocycles. The van der Waals surface area contributed by atoms with Gasteiger partial charge in [-0.05, 0) is 32.5 Å². The van der Waals surface area contributed by atoms with Crippen molar-refractivity contribution in [3.05, 3.63) is 40.9 Å². The average molecular weight is 251 g/mol. The standard InChI is InChI=1S/C13H15ClN2O/c1-8-5-4-6-10(12(8)14)11-7-16-13(17-11)9(2)15-3/h4-7,9,15H,1-3H3. The van der Waals surface area contributed by atoms with Crippen molar-refractivity contribution in [1.82, 2.24) is 10.3 Å². The molecule has 0 aliphatic carbocycles. The minimum atomic E-state index is 0.0901. The van der Waals surface area contributed by atoms with Gasteiger partial charge in [0.25, 0.3) is 0 Å². The molecule has 0 fully saturated rings. The zero-order valence-corrected chi connectivity index (χ0v) is 10.9. The fraction of sp³-hybridized carbons (Fsp3) is 0.308. The van der Waals surface area contributed by atoms with Gasteiger partial charge >= 0.3 is 0 Å². The predicted molar refractivity (Wildman–Crippen MR) is 69.2 cm³/mol. The number of aryl methyl sites for hydroxylation is 1. The summed E-state index contributed by atoms with van der Waals surface area (Å²) in [5, 5.41) is 3.80. The number of halogens is 1. The van der Waals surface area contributed by atoms with Crippen LogP contribution in [0.15, 0.2) is 28.8 Å². The second-order valence-corrected chi connectivity index (χ2v) is 4.39. The summed E-state index contributed by atoms with van der Waals surface area (Å²) >= 11 is 6.25. The fourth-order valence-electron chi connectivity index (χ4n) is 1.57. The fourth-order valence-corrected chi connectivity index (χ4v) is 1.79. The molecule has 2 rings (SSSR count). The van der Waals surface area contributed by atoms with Crippen LogP contribution in [0.25, 0.3) is 11.3 Å². The van der Waals surface area contributed by atoms with Gasteiger partial charge in [0.15, 0.2) is 5.76 Å². The van der Waals surface area contributed by atoms with Gasteiger partial charge in [-0.2, -0.15) is 0 Å². The van der Waals surface area contributed by atoms with Gasteiger partial charge in [0.1, 0.15) is 0 Å². The number of nitrogens with zero attached hydrogens (tertiary/aromatic N) is 1. The molecule has 1 aromatic carbocycles. The lowest BCUT2D eigenvalue weighted by Crippen LogP contribution is -2.12. The molecule has 1 unspecified atom stereocenters. The summed E-state index contributed by atoms with van der Waals surface area (Å²) in [6, 6.07) is 5.95. The SMILES string of the molecule is CNC(C)c1ncc(-c2cccc(C)c2Cl)o1. The molecule has 0 aliphatic heterocycles. The Labute approximate surface area is 106 Å². The minimum absolute atomic E-state index is 0.0901. The Kier molecular flexibility index (Phi) is 3.50. The van der Waals surface area contributed by atoms with E-state index in [0.29, 0.717) is 16.7 Å². The van der Waals surface area contributed by atoms with Gasteiger partial charge in [-0.3, -0.25) is 0 Å². The van der Waals surface area contributed by atoms with Gasteiger partial charge in [-0.25, -0.2) is 4.98 Å². The van der Waals surface area contributed by atoms with E-state index in [0.717, 1.165) is 11.1 Å². The molecule has 0 aliphatic rings. The number of nitrogens with one attached hydrogen (secondary N) is 1. The molecule has 3 nitrogen and oxygen atoms in total. The quantitative estimate of drug-likeness (QED) is 0.905. The van der Waals surface area contributed by atoms with Crippen LogP contribution in [-0.2, 0) is 0 Å². The number of benzene rings is 1. The summed E-state index contributed by atoms with van der Waals surface area (Å²) in [4.78, 5) is 4.25. The molecule has 0 saturated carbocycles. The summed E-state index contributed by atoms with van der Waals surface area (Å²) in [5.74, 6) is 1.37. The third kappa shape index (κ3) is 2.35. The van der Waals surface area contributed by atoms with Crippen LogP contribution in [0, 0.1) is 6.92 Å². The van der Waals surface area contributed by atoms with E-state index in [9.17, 15) is 0 Å². The molecule has 4 heteroatoms.